The normalized spacial score (nSPS) is 12.3. The number of fused-ring (bicyclic) bond motifs is 1. The van der Waals surface area contributed by atoms with Gasteiger partial charge in [0, 0.05) is 41.2 Å². The van der Waals surface area contributed by atoms with Gasteiger partial charge in [0.2, 0.25) is 5.43 Å². The van der Waals surface area contributed by atoms with Gasteiger partial charge in [0.1, 0.15) is 22.1 Å². The van der Waals surface area contributed by atoms with Crippen LogP contribution in [-0.2, 0) is 6.42 Å². The molecule has 0 saturated carbocycles. The number of ether oxygens (including phenoxy) is 1. The van der Waals surface area contributed by atoms with Crippen molar-refractivity contribution in [3.63, 3.8) is 0 Å². The van der Waals surface area contributed by atoms with E-state index in [1.807, 2.05) is 25.3 Å². The molecular weight excluding hydrogens is 471 g/mol. The predicted molar refractivity (Wildman–Crippen MR) is 133 cm³/mol. The average molecular weight is 497 g/mol. The number of aromatic nitrogens is 2. The molecule has 0 radical (unpaired) electrons. The zero-order chi connectivity index (χ0) is 25.3. The van der Waals surface area contributed by atoms with Gasteiger partial charge in [-0.15, -0.1) is 11.3 Å². The van der Waals surface area contributed by atoms with Crippen LogP contribution in [0.2, 0.25) is 0 Å². The molecule has 0 bridgehead atoms. The van der Waals surface area contributed by atoms with Crippen LogP contribution in [0.1, 0.15) is 41.4 Å². The minimum Gasteiger partial charge on any atom is -0.496 e. The minimum absolute atomic E-state index is 0.0328. The van der Waals surface area contributed by atoms with Crippen molar-refractivity contribution in [3.05, 3.63) is 80.8 Å². The summed E-state index contributed by atoms with van der Waals surface area (Å²) >= 11 is 1.40. The van der Waals surface area contributed by atoms with E-state index in [2.05, 4.69) is 4.98 Å². The van der Waals surface area contributed by atoms with Crippen molar-refractivity contribution < 1.29 is 24.1 Å². The van der Waals surface area contributed by atoms with E-state index in [-0.39, 0.29) is 29.9 Å². The lowest BCUT2D eigenvalue weighted by atomic mass is 9.98. The van der Waals surface area contributed by atoms with Crippen LogP contribution < -0.4 is 10.2 Å². The van der Waals surface area contributed by atoms with Crippen LogP contribution in [0.15, 0.2) is 52.9 Å². The second-order valence-electron chi connectivity index (χ2n) is 8.62. The number of carboxylic acids is 1. The molecule has 0 aliphatic heterocycles. The van der Waals surface area contributed by atoms with Gasteiger partial charge < -0.3 is 19.5 Å². The van der Waals surface area contributed by atoms with Crippen molar-refractivity contribution in [3.8, 4) is 16.3 Å². The topological polar surface area (TPSA) is 102 Å². The monoisotopic (exact) mass is 496 g/mol. The fourth-order valence-electron chi connectivity index (χ4n) is 4.26. The Morgan fingerprint density at radius 2 is 2.00 bits per heavy atom. The number of aliphatic hydroxyl groups excluding tert-OH is 1. The number of hydrogen-bond acceptors (Lipinski definition) is 6. The number of halogens is 1. The summed E-state index contributed by atoms with van der Waals surface area (Å²) in [6, 6.07) is 7.48. The van der Waals surface area contributed by atoms with Gasteiger partial charge in [0.05, 0.1) is 25.3 Å². The highest BCUT2D eigenvalue weighted by Gasteiger charge is 2.23. The molecule has 0 amide bonds. The molecule has 0 unspecified atom stereocenters. The molecule has 0 aliphatic rings. The number of carboxylic acid groups (broad SMARTS) is 1. The van der Waals surface area contributed by atoms with E-state index in [1.54, 1.807) is 22.9 Å². The van der Waals surface area contributed by atoms with E-state index < -0.39 is 23.3 Å². The number of benzene rings is 2. The third-order valence-electron chi connectivity index (χ3n) is 6.01. The number of nitrogens with zero attached hydrogens (tertiary/aromatic N) is 2. The lowest BCUT2D eigenvalue weighted by molar-refractivity contribution is 0.0694. The van der Waals surface area contributed by atoms with Crippen LogP contribution in [0.4, 0.5) is 4.39 Å². The fraction of sp³-hybridized carbons (Fsp3) is 0.269. The van der Waals surface area contributed by atoms with Crippen LogP contribution in [0, 0.1) is 11.7 Å². The van der Waals surface area contributed by atoms with Crippen molar-refractivity contribution in [1.82, 2.24) is 9.55 Å². The van der Waals surface area contributed by atoms with Crippen LogP contribution in [0.25, 0.3) is 21.5 Å². The van der Waals surface area contributed by atoms with E-state index in [0.29, 0.717) is 33.0 Å². The molecule has 4 rings (SSSR count). The Balaban J connectivity index is 1.91. The number of methoxy groups -OCH3 is 1. The third-order valence-corrected chi connectivity index (χ3v) is 6.83. The molecule has 0 spiro atoms. The summed E-state index contributed by atoms with van der Waals surface area (Å²) in [5.74, 6) is -1.32. The van der Waals surface area contributed by atoms with Crippen molar-refractivity contribution in [2.24, 2.45) is 5.92 Å². The first-order valence-corrected chi connectivity index (χ1v) is 11.9. The maximum Gasteiger partial charge on any atom is 0.341 e. The Morgan fingerprint density at radius 3 is 2.60 bits per heavy atom. The molecule has 2 aromatic heterocycles. The second-order valence-corrected chi connectivity index (χ2v) is 9.52. The van der Waals surface area contributed by atoms with Gasteiger partial charge in [0.15, 0.2) is 0 Å². The summed E-state index contributed by atoms with van der Waals surface area (Å²) in [5, 5.41) is 22.3. The van der Waals surface area contributed by atoms with E-state index in [0.717, 1.165) is 0 Å². The summed E-state index contributed by atoms with van der Waals surface area (Å²) in [6.45, 7) is 3.57. The standard InChI is InChI=1S/C26H25FN2O5S/c1-14(2)22(13-30)29-12-20(26(32)33)24(31)19-10-16(23(34-3)11-21(19)29)6-15-7-17(9-18(27)8-15)25-28-4-5-35-25/h4-5,7-12,14,22,30H,6,13H2,1-3H3,(H,32,33)/t22-/m1/s1. The molecule has 2 aromatic carbocycles. The summed E-state index contributed by atoms with van der Waals surface area (Å²) in [6.07, 6.45) is 3.18. The Labute approximate surface area is 205 Å². The van der Waals surface area contributed by atoms with Crippen molar-refractivity contribution >= 4 is 28.2 Å². The van der Waals surface area contributed by atoms with E-state index in [1.165, 1.54) is 36.8 Å². The van der Waals surface area contributed by atoms with Crippen LogP contribution in [0.3, 0.4) is 0 Å². The van der Waals surface area contributed by atoms with Gasteiger partial charge in [0.25, 0.3) is 0 Å². The molecule has 35 heavy (non-hydrogen) atoms. The first kappa shape index (κ1) is 24.6. The zero-order valence-electron chi connectivity index (χ0n) is 19.5. The molecule has 0 fully saturated rings. The first-order valence-electron chi connectivity index (χ1n) is 11.0. The predicted octanol–water partition coefficient (Wildman–Crippen LogP) is 4.75. The van der Waals surface area contributed by atoms with Gasteiger partial charge in [-0.3, -0.25) is 4.79 Å². The second kappa shape index (κ2) is 9.97. The zero-order valence-corrected chi connectivity index (χ0v) is 20.3. The highest BCUT2D eigenvalue weighted by molar-refractivity contribution is 7.13. The van der Waals surface area contributed by atoms with Crippen molar-refractivity contribution in [2.75, 3.05) is 13.7 Å². The van der Waals surface area contributed by atoms with Gasteiger partial charge in [-0.25, -0.2) is 14.2 Å². The Hall–Kier alpha value is -3.56. The quantitative estimate of drug-likeness (QED) is 0.365. The molecule has 0 saturated heterocycles. The molecule has 9 heteroatoms. The number of aromatic carboxylic acids is 1. The first-order chi connectivity index (χ1) is 16.7. The highest BCUT2D eigenvalue weighted by atomic mass is 32.1. The number of hydrogen-bond donors (Lipinski definition) is 2. The van der Waals surface area contributed by atoms with Crippen molar-refractivity contribution in [2.45, 2.75) is 26.3 Å². The summed E-state index contributed by atoms with van der Waals surface area (Å²) in [5.41, 5.74) is 1.34. The maximum atomic E-state index is 14.4. The van der Waals surface area contributed by atoms with E-state index in [9.17, 15) is 24.2 Å². The van der Waals surface area contributed by atoms with E-state index >= 15 is 0 Å². The van der Waals surface area contributed by atoms with Gasteiger partial charge in [-0.05, 0) is 41.3 Å². The number of pyridine rings is 1. The van der Waals surface area contributed by atoms with Gasteiger partial charge >= 0.3 is 5.97 Å². The summed E-state index contributed by atoms with van der Waals surface area (Å²) in [7, 11) is 1.50. The molecule has 0 aliphatic carbocycles. The van der Waals surface area contributed by atoms with E-state index in [4.69, 9.17) is 4.74 Å². The summed E-state index contributed by atoms with van der Waals surface area (Å²) < 4.78 is 21.7. The average Bonchev–Trinajstić information content (AvgIpc) is 3.35. The molecule has 7 nitrogen and oxygen atoms in total. The molecule has 182 valence electrons. The van der Waals surface area contributed by atoms with Crippen LogP contribution in [-0.4, -0.2) is 39.5 Å². The molecule has 1 atom stereocenters. The SMILES string of the molecule is COc1cc2c(cc1Cc1cc(F)cc(-c3nccs3)c1)c(=O)c(C(=O)O)cn2[C@H](CO)C(C)C. The molecule has 2 heterocycles. The number of thiazole rings is 1. The van der Waals surface area contributed by atoms with Gasteiger partial charge in [-0.2, -0.15) is 0 Å². The number of carbonyl (C=O) groups is 1. The fourth-order valence-corrected chi connectivity index (χ4v) is 4.88. The molecular formula is C26H25FN2O5S. The van der Waals surface area contributed by atoms with Gasteiger partial charge in [-0.1, -0.05) is 13.8 Å². The third kappa shape index (κ3) is 4.82. The lowest BCUT2D eigenvalue weighted by Crippen LogP contribution is -2.25. The Bertz CT molecular complexity index is 1450. The Kier molecular flexibility index (Phi) is 7.00. The molecule has 2 N–H and O–H groups in total. The number of rotatable bonds is 8. The maximum absolute atomic E-state index is 14.4. The van der Waals surface area contributed by atoms with Crippen LogP contribution in [0.5, 0.6) is 5.75 Å². The minimum atomic E-state index is -1.35. The smallest absolute Gasteiger partial charge is 0.341 e. The van der Waals surface area contributed by atoms with Crippen LogP contribution >= 0.6 is 11.3 Å². The largest absolute Gasteiger partial charge is 0.496 e. The number of aliphatic hydroxyl groups is 1. The summed E-state index contributed by atoms with van der Waals surface area (Å²) in [4.78, 5) is 29.2. The Morgan fingerprint density at radius 1 is 1.23 bits per heavy atom. The lowest BCUT2D eigenvalue weighted by Gasteiger charge is -2.25. The molecule has 4 aromatic rings. The highest BCUT2D eigenvalue weighted by Crippen LogP contribution is 2.31. The van der Waals surface area contributed by atoms with Crippen molar-refractivity contribution in [1.29, 1.82) is 0 Å².